The Hall–Kier alpha value is -0.540. The van der Waals surface area contributed by atoms with E-state index in [4.69, 9.17) is 16.3 Å². The first-order valence-electron chi connectivity index (χ1n) is 3.50. The predicted octanol–water partition coefficient (Wildman–Crippen LogP) is 2.57. The van der Waals surface area contributed by atoms with Crippen LogP contribution < -0.4 is 4.74 Å². The van der Waals surface area contributed by atoms with Gasteiger partial charge in [-0.3, -0.25) is 4.79 Å². The highest BCUT2D eigenvalue weighted by Crippen LogP contribution is 2.25. The fourth-order valence-corrected chi connectivity index (χ4v) is 1.86. The van der Waals surface area contributed by atoms with Crippen LogP contribution in [0.4, 0.5) is 0 Å². The second kappa shape index (κ2) is 4.48. The maximum atomic E-state index is 11.3. The highest BCUT2D eigenvalue weighted by Gasteiger charge is 2.12. The lowest BCUT2D eigenvalue weighted by Crippen LogP contribution is -1.98. The highest BCUT2D eigenvalue weighted by atomic mass is 35.5. The number of rotatable bonds is 4. The van der Waals surface area contributed by atoms with E-state index in [2.05, 4.69) is 0 Å². The lowest BCUT2D eigenvalue weighted by Gasteiger charge is -1.98. The molecule has 0 aliphatic heterocycles. The van der Waals surface area contributed by atoms with Gasteiger partial charge in [-0.1, -0.05) is 0 Å². The van der Waals surface area contributed by atoms with Gasteiger partial charge in [0.05, 0.1) is 7.11 Å². The van der Waals surface area contributed by atoms with Crippen LogP contribution >= 0.6 is 22.9 Å². The molecule has 0 aromatic carbocycles. The van der Waals surface area contributed by atoms with Crippen molar-refractivity contribution in [2.24, 2.45) is 0 Å². The molecule has 0 unspecified atom stereocenters. The van der Waals surface area contributed by atoms with E-state index >= 15 is 0 Å². The molecule has 0 aliphatic rings. The lowest BCUT2D eigenvalue weighted by molar-refractivity contribution is 0.0990. The molecule has 0 atom stereocenters. The van der Waals surface area contributed by atoms with E-state index in [-0.39, 0.29) is 5.78 Å². The van der Waals surface area contributed by atoms with Crippen LogP contribution in [0.3, 0.4) is 0 Å². The molecular formula is C8H9ClO2S. The van der Waals surface area contributed by atoms with E-state index < -0.39 is 0 Å². The predicted molar refractivity (Wildman–Crippen MR) is 50.5 cm³/mol. The van der Waals surface area contributed by atoms with Crippen molar-refractivity contribution in [2.45, 2.75) is 6.42 Å². The second-order valence-electron chi connectivity index (χ2n) is 2.18. The number of ketones is 1. The summed E-state index contributed by atoms with van der Waals surface area (Å²) >= 11 is 6.84. The smallest absolute Gasteiger partial charge is 0.177 e. The first-order valence-corrected chi connectivity index (χ1v) is 4.91. The Kier molecular flexibility index (Phi) is 3.56. The van der Waals surface area contributed by atoms with Crippen LogP contribution in [0, 0.1) is 0 Å². The maximum Gasteiger partial charge on any atom is 0.177 e. The number of thiophene rings is 1. The first kappa shape index (κ1) is 9.55. The number of carbonyl (C=O) groups excluding carboxylic acids is 1. The number of alkyl halides is 1. The number of ether oxygens (including phenoxy) is 1. The van der Waals surface area contributed by atoms with Gasteiger partial charge < -0.3 is 4.74 Å². The van der Waals surface area contributed by atoms with E-state index in [0.717, 1.165) is 0 Å². The summed E-state index contributed by atoms with van der Waals surface area (Å²) in [6, 6.07) is 1.78. The van der Waals surface area contributed by atoms with Gasteiger partial charge in [-0.2, -0.15) is 0 Å². The fraction of sp³-hybridized carbons (Fsp3) is 0.375. The molecule has 0 aliphatic carbocycles. The Morgan fingerprint density at radius 1 is 1.75 bits per heavy atom. The average Bonchev–Trinajstić information content (AvgIpc) is 2.51. The van der Waals surface area contributed by atoms with Crippen molar-refractivity contribution in [1.29, 1.82) is 0 Å². The molecule has 0 bridgehead atoms. The minimum atomic E-state index is 0.0526. The van der Waals surface area contributed by atoms with E-state index in [1.165, 1.54) is 11.3 Å². The molecule has 1 aromatic rings. The number of Topliss-reactive ketones (excluding diaryl/α,β-unsaturated/α-hetero) is 1. The van der Waals surface area contributed by atoms with Crippen LogP contribution in [0.15, 0.2) is 11.4 Å². The molecule has 1 heterocycles. The molecule has 0 N–H and O–H groups in total. The summed E-state index contributed by atoms with van der Waals surface area (Å²) < 4.78 is 5.00. The summed E-state index contributed by atoms with van der Waals surface area (Å²) in [6.07, 6.45) is 0.373. The van der Waals surface area contributed by atoms with Gasteiger partial charge in [-0.15, -0.1) is 22.9 Å². The van der Waals surface area contributed by atoms with Crippen molar-refractivity contribution in [3.8, 4) is 5.75 Å². The van der Waals surface area contributed by atoms with Gasteiger partial charge >= 0.3 is 0 Å². The Morgan fingerprint density at radius 2 is 2.50 bits per heavy atom. The highest BCUT2D eigenvalue weighted by molar-refractivity contribution is 7.12. The Bertz CT molecular complexity index is 270. The number of carbonyl (C=O) groups is 1. The van der Waals surface area contributed by atoms with Crippen LogP contribution in [-0.4, -0.2) is 18.8 Å². The number of hydrogen-bond acceptors (Lipinski definition) is 3. The van der Waals surface area contributed by atoms with Crippen molar-refractivity contribution in [2.75, 3.05) is 13.0 Å². The Labute approximate surface area is 80.1 Å². The normalized spacial score (nSPS) is 9.83. The molecule has 66 valence electrons. The topological polar surface area (TPSA) is 26.3 Å². The first-order chi connectivity index (χ1) is 5.79. The minimum Gasteiger partial charge on any atom is -0.495 e. The number of halogens is 1. The van der Waals surface area contributed by atoms with Crippen LogP contribution in [0.25, 0.3) is 0 Å². The second-order valence-corrected chi connectivity index (χ2v) is 3.47. The monoisotopic (exact) mass is 204 g/mol. The fourth-order valence-electron chi connectivity index (χ4n) is 0.861. The van der Waals surface area contributed by atoms with Crippen molar-refractivity contribution >= 4 is 28.7 Å². The standard InChI is InChI=1S/C8H9ClO2S/c1-11-7-3-5-12-8(7)6(10)2-4-9/h3,5H,2,4H2,1H3. The molecule has 4 heteroatoms. The Morgan fingerprint density at radius 3 is 3.08 bits per heavy atom. The third kappa shape index (κ3) is 1.99. The summed E-state index contributed by atoms with van der Waals surface area (Å²) in [6.45, 7) is 0. The van der Waals surface area contributed by atoms with Gasteiger partial charge in [0.1, 0.15) is 10.6 Å². The largest absolute Gasteiger partial charge is 0.495 e. The zero-order chi connectivity index (χ0) is 8.97. The molecule has 0 radical (unpaired) electrons. The van der Waals surface area contributed by atoms with Gasteiger partial charge in [0.2, 0.25) is 0 Å². The summed E-state index contributed by atoms with van der Waals surface area (Å²) in [4.78, 5) is 12.0. The molecule has 0 spiro atoms. The van der Waals surface area contributed by atoms with Crippen molar-refractivity contribution in [3.05, 3.63) is 16.3 Å². The summed E-state index contributed by atoms with van der Waals surface area (Å²) in [5.41, 5.74) is 0. The lowest BCUT2D eigenvalue weighted by atomic mass is 10.2. The third-order valence-corrected chi connectivity index (χ3v) is 2.55. The van der Waals surface area contributed by atoms with Gasteiger partial charge in [0.25, 0.3) is 0 Å². The van der Waals surface area contributed by atoms with Gasteiger partial charge in [-0.25, -0.2) is 0 Å². The zero-order valence-electron chi connectivity index (χ0n) is 6.67. The molecule has 1 rings (SSSR count). The molecule has 12 heavy (non-hydrogen) atoms. The average molecular weight is 205 g/mol. The van der Waals surface area contributed by atoms with Gasteiger partial charge in [-0.05, 0) is 11.4 Å². The van der Waals surface area contributed by atoms with Crippen LogP contribution in [0.5, 0.6) is 5.75 Å². The molecule has 1 aromatic heterocycles. The molecule has 0 fully saturated rings. The van der Waals surface area contributed by atoms with Crippen molar-refractivity contribution in [3.63, 3.8) is 0 Å². The third-order valence-electron chi connectivity index (χ3n) is 1.42. The molecule has 0 saturated carbocycles. The summed E-state index contributed by atoms with van der Waals surface area (Å²) in [7, 11) is 1.56. The van der Waals surface area contributed by atoms with Crippen molar-refractivity contribution < 1.29 is 9.53 Å². The Balaban J connectivity index is 2.79. The van der Waals surface area contributed by atoms with Crippen LogP contribution in [0.2, 0.25) is 0 Å². The minimum absolute atomic E-state index is 0.0526. The number of hydrogen-bond donors (Lipinski definition) is 0. The van der Waals surface area contributed by atoms with E-state index in [0.29, 0.717) is 22.9 Å². The van der Waals surface area contributed by atoms with E-state index in [1.807, 2.05) is 5.38 Å². The van der Waals surface area contributed by atoms with Crippen LogP contribution in [-0.2, 0) is 0 Å². The van der Waals surface area contributed by atoms with E-state index in [9.17, 15) is 4.79 Å². The van der Waals surface area contributed by atoms with E-state index in [1.54, 1.807) is 13.2 Å². The quantitative estimate of drug-likeness (QED) is 0.557. The van der Waals surface area contributed by atoms with Crippen LogP contribution in [0.1, 0.15) is 16.1 Å². The zero-order valence-corrected chi connectivity index (χ0v) is 8.24. The molecule has 0 amide bonds. The molecular weight excluding hydrogens is 196 g/mol. The van der Waals surface area contributed by atoms with Gasteiger partial charge in [0, 0.05) is 12.3 Å². The SMILES string of the molecule is COc1ccsc1C(=O)CCCl. The maximum absolute atomic E-state index is 11.3. The van der Waals surface area contributed by atoms with Gasteiger partial charge in [0.15, 0.2) is 5.78 Å². The van der Waals surface area contributed by atoms with Crippen molar-refractivity contribution in [1.82, 2.24) is 0 Å². The molecule has 2 nitrogen and oxygen atoms in total. The summed E-state index contributed by atoms with van der Waals surface area (Å²) in [5, 5.41) is 1.83. The number of methoxy groups -OCH3 is 1. The summed E-state index contributed by atoms with van der Waals surface area (Å²) in [5.74, 6) is 1.06. The molecule has 0 saturated heterocycles.